The second-order valence-electron chi connectivity index (χ2n) is 4.91. The predicted octanol–water partition coefficient (Wildman–Crippen LogP) is 2.53. The molecule has 1 heterocycles. The van der Waals surface area contributed by atoms with Crippen LogP contribution in [0.1, 0.15) is 11.4 Å². The van der Waals surface area contributed by atoms with Gasteiger partial charge in [0, 0.05) is 13.5 Å². The summed E-state index contributed by atoms with van der Waals surface area (Å²) in [5.74, 6) is 1.35. The highest BCUT2D eigenvalue weighted by molar-refractivity contribution is 5.83. The Morgan fingerprint density at radius 2 is 1.86 bits per heavy atom. The van der Waals surface area contributed by atoms with E-state index in [1.54, 1.807) is 30.9 Å². The van der Waals surface area contributed by atoms with E-state index in [0.717, 1.165) is 11.4 Å². The van der Waals surface area contributed by atoms with Gasteiger partial charge in [0.2, 0.25) is 0 Å². The summed E-state index contributed by atoms with van der Waals surface area (Å²) in [5, 5.41) is 0.577. The number of fused-ring (bicyclic) bond motifs is 1. The SMILES string of the molecule is COc1cccc2c(=O)n(C)c(Cc3ccccc3)nc12. The van der Waals surface area contributed by atoms with Gasteiger partial charge in [0.05, 0.1) is 12.5 Å². The summed E-state index contributed by atoms with van der Waals surface area (Å²) in [6, 6.07) is 15.4. The molecule has 2 aromatic carbocycles. The number of hydrogen-bond acceptors (Lipinski definition) is 3. The number of para-hydroxylation sites is 1. The number of hydrogen-bond donors (Lipinski definition) is 0. The van der Waals surface area contributed by atoms with Gasteiger partial charge >= 0.3 is 0 Å². The molecular formula is C17H16N2O2. The molecule has 0 fully saturated rings. The largest absolute Gasteiger partial charge is 0.494 e. The third kappa shape index (κ3) is 2.40. The van der Waals surface area contributed by atoms with Crippen LogP contribution in [0.25, 0.3) is 10.9 Å². The molecule has 0 saturated heterocycles. The van der Waals surface area contributed by atoms with E-state index < -0.39 is 0 Å². The zero-order valence-corrected chi connectivity index (χ0v) is 12.0. The highest BCUT2D eigenvalue weighted by Crippen LogP contribution is 2.21. The minimum absolute atomic E-state index is 0.0511. The van der Waals surface area contributed by atoms with Crippen LogP contribution in [0.5, 0.6) is 5.75 Å². The third-order valence-corrected chi connectivity index (χ3v) is 3.59. The van der Waals surface area contributed by atoms with Gasteiger partial charge < -0.3 is 4.74 Å². The van der Waals surface area contributed by atoms with Gasteiger partial charge in [0.25, 0.3) is 5.56 Å². The Morgan fingerprint density at radius 1 is 1.10 bits per heavy atom. The zero-order chi connectivity index (χ0) is 14.8. The minimum Gasteiger partial charge on any atom is -0.494 e. The van der Waals surface area contributed by atoms with Gasteiger partial charge in [-0.3, -0.25) is 9.36 Å². The van der Waals surface area contributed by atoms with E-state index in [9.17, 15) is 4.79 Å². The van der Waals surface area contributed by atoms with Crippen molar-refractivity contribution in [2.45, 2.75) is 6.42 Å². The van der Waals surface area contributed by atoms with Crippen LogP contribution in [0, 0.1) is 0 Å². The molecule has 0 aliphatic carbocycles. The molecule has 21 heavy (non-hydrogen) atoms. The van der Waals surface area contributed by atoms with Crippen molar-refractivity contribution in [3.8, 4) is 5.75 Å². The summed E-state index contributed by atoms with van der Waals surface area (Å²) in [7, 11) is 3.34. The van der Waals surface area contributed by atoms with Crippen LogP contribution in [-0.2, 0) is 13.5 Å². The normalized spacial score (nSPS) is 10.8. The number of aromatic nitrogens is 2. The van der Waals surface area contributed by atoms with Gasteiger partial charge in [-0.25, -0.2) is 4.98 Å². The molecule has 3 rings (SSSR count). The van der Waals surface area contributed by atoms with E-state index >= 15 is 0 Å². The predicted molar refractivity (Wildman–Crippen MR) is 82.8 cm³/mol. The molecule has 0 atom stereocenters. The number of methoxy groups -OCH3 is 1. The van der Waals surface area contributed by atoms with Crippen LogP contribution in [0.2, 0.25) is 0 Å². The highest BCUT2D eigenvalue weighted by atomic mass is 16.5. The summed E-state index contributed by atoms with van der Waals surface area (Å²) < 4.78 is 6.92. The van der Waals surface area contributed by atoms with Crippen molar-refractivity contribution >= 4 is 10.9 Å². The minimum atomic E-state index is -0.0511. The molecule has 106 valence electrons. The molecule has 0 spiro atoms. The second-order valence-corrected chi connectivity index (χ2v) is 4.91. The molecule has 1 aromatic heterocycles. The smallest absolute Gasteiger partial charge is 0.261 e. The number of nitrogens with zero attached hydrogens (tertiary/aromatic N) is 2. The number of rotatable bonds is 3. The maximum absolute atomic E-state index is 12.5. The van der Waals surface area contributed by atoms with Gasteiger partial charge in [-0.05, 0) is 17.7 Å². The lowest BCUT2D eigenvalue weighted by Gasteiger charge is -2.11. The van der Waals surface area contributed by atoms with Crippen molar-refractivity contribution < 1.29 is 4.74 Å². The Balaban J connectivity index is 2.19. The van der Waals surface area contributed by atoms with E-state index in [-0.39, 0.29) is 5.56 Å². The molecule has 4 nitrogen and oxygen atoms in total. The molecule has 0 amide bonds. The molecule has 0 aliphatic rings. The van der Waals surface area contributed by atoms with Crippen molar-refractivity contribution in [1.29, 1.82) is 0 Å². The maximum Gasteiger partial charge on any atom is 0.261 e. The second kappa shape index (κ2) is 5.40. The monoisotopic (exact) mass is 280 g/mol. The van der Waals surface area contributed by atoms with E-state index in [2.05, 4.69) is 4.98 Å². The lowest BCUT2D eigenvalue weighted by molar-refractivity contribution is 0.418. The van der Waals surface area contributed by atoms with Crippen molar-refractivity contribution in [2.24, 2.45) is 7.05 Å². The molecular weight excluding hydrogens is 264 g/mol. The lowest BCUT2D eigenvalue weighted by atomic mass is 10.1. The van der Waals surface area contributed by atoms with Gasteiger partial charge in [-0.2, -0.15) is 0 Å². The van der Waals surface area contributed by atoms with Crippen LogP contribution >= 0.6 is 0 Å². The van der Waals surface area contributed by atoms with Crippen molar-refractivity contribution in [1.82, 2.24) is 9.55 Å². The summed E-state index contributed by atoms with van der Waals surface area (Å²) >= 11 is 0. The standard InChI is InChI=1S/C17H16N2O2/c1-19-15(11-12-7-4-3-5-8-12)18-16-13(17(19)20)9-6-10-14(16)21-2/h3-10H,11H2,1-2H3. The number of ether oxygens (including phenoxy) is 1. The summed E-state index contributed by atoms with van der Waals surface area (Å²) in [4.78, 5) is 17.1. The van der Waals surface area contributed by atoms with Gasteiger partial charge in [0.1, 0.15) is 17.1 Å². The van der Waals surface area contributed by atoms with Crippen LogP contribution in [0.3, 0.4) is 0 Å². The molecule has 3 aromatic rings. The van der Waals surface area contributed by atoms with Crippen molar-refractivity contribution in [2.75, 3.05) is 7.11 Å². The fraction of sp³-hybridized carbons (Fsp3) is 0.176. The fourth-order valence-electron chi connectivity index (χ4n) is 2.41. The van der Waals surface area contributed by atoms with Crippen molar-refractivity contribution in [3.63, 3.8) is 0 Å². The van der Waals surface area contributed by atoms with E-state index in [1.807, 2.05) is 36.4 Å². The van der Waals surface area contributed by atoms with Crippen LogP contribution in [0.4, 0.5) is 0 Å². The van der Waals surface area contributed by atoms with Gasteiger partial charge in [0.15, 0.2) is 0 Å². The first-order chi connectivity index (χ1) is 10.2. The average Bonchev–Trinajstić information content (AvgIpc) is 2.53. The van der Waals surface area contributed by atoms with Crippen molar-refractivity contribution in [3.05, 3.63) is 70.3 Å². The molecule has 0 aliphatic heterocycles. The van der Waals surface area contributed by atoms with Gasteiger partial charge in [-0.1, -0.05) is 36.4 Å². The quantitative estimate of drug-likeness (QED) is 0.740. The van der Waals surface area contributed by atoms with Crippen LogP contribution in [-0.4, -0.2) is 16.7 Å². The van der Waals surface area contributed by atoms with E-state index in [0.29, 0.717) is 23.1 Å². The summed E-state index contributed by atoms with van der Waals surface area (Å²) in [6.07, 6.45) is 0.612. The Bertz CT molecular complexity index is 839. The maximum atomic E-state index is 12.5. The van der Waals surface area contributed by atoms with Crippen LogP contribution in [0.15, 0.2) is 53.3 Å². The van der Waals surface area contributed by atoms with Gasteiger partial charge in [-0.15, -0.1) is 0 Å². The van der Waals surface area contributed by atoms with E-state index in [4.69, 9.17) is 4.74 Å². The first-order valence-corrected chi connectivity index (χ1v) is 6.77. The molecule has 4 heteroatoms. The zero-order valence-electron chi connectivity index (χ0n) is 12.0. The lowest BCUT2D eigenvalue weighted by Crippen LogP contribution is -2.22. The first-order valence-electron chi connectivity index (χ1n) is 6.77. The Kier molecular flexibility index (Phi) is 3.44. The Labute approximate surface area is 122 Å². The molecule has 0 unspecified atom stereocenters. The molecule has 0 saturated carbocycles. The van der Waals surface area contributed by atoms with Crippen LogP contribution < -0.4 is 10.3 Å². The molecule has 0 N–H and O–H groups in total. The Morgan fingerprint density at radius 3 is 2.57 bits per heavy atom. The average molecular weight is 280 g/mol. The summed E-state index contributed by atoms with van der Waals surface area (Å²) in [6.45, 7) is 0. The third-order valence-electron chi connectivity index (χ3n) is 3.59. The van der Waals surface area contributed by atoms with E-state index in [1.165, 1.54) is 0 Å². The fourth-order valence-corrected chi connectivity index (χ4v) is 2.41. The Hall–Kier alpha value is -2.62. The molecule has 0 bridgehead atoms. The topological polar surface area (TPSA) is 44.1 Å². The highest BCUT2D eigenvalue weighted by Gasteiger charge is 2.11. The first kappa shape index (κ1) is 13.4. The molecule has 0 radical (unpaired) electrons. The number of benzene rings is 2. The summed E-state index contributed by atoms with van der Waals surface area (Å²) in [5.41, 5.74) is 1.69.